The van der Waals surface area contributed by atoms with Crippen LogP contribution in [0.4, 0.5) is 4.39 Å². The third-order valence-electron chi connectivity index (χ3n) is 9.21. The summed E-state index contributed by atoms with van der Waals surface area (Å²) in [6, 6.07) is 0. The number of rotatable bonds is 5. The molecule has 7 heteroatoms. The number of ketones is 3. The van der Waals surface area contributed by atoms with Crippen molar-refractivity contribution in [2.24, 2.45) is 28.6 Å². The zero-order chi connectivity index (χ0) is 24.4. The number of esters is 1. The standard InChI is InChI=1S/C26H32ClFO5/c1-5-6-22(32)33-26(21(31)14-27)15(2)11-19-18-8-7-16-12-17(29)9-10-23(16,3)25(18,28)20(30)13-24(19,26)4/h9-10,12,15,18-19H,5-8,11,13-14H2,1-4H3/t15?,18?,19?,23?,24?,25-,26-/m0/s1. The third-order valence-corrected chi connectivity index (χ3v) is 9.45. The van der Waals surface area contributed by atoms with Crippen molar-refractivity contribution in [2.75, 3.05) is 5.88 Å². The maximum absolute atomic E-state index is 17.1. The molecule has 0 aliphatic heterocycles. The van der Waals surface area contributed by atoms with Crippen molar-refractivity contribution in [1.29, 1.82) is 0 Å². The molecule has 0 aromatic carbocycles. The first-order chi connectivity index (χ1) is 15.4. The average molecular weight is 479 g/mol. The third kappa shape index (κ3) is 2.95. The second kappa shape index (κ2) is 7.86. The van der Waals surface area contributed by atoms with E-state index in [-0.39, 0.29) is 30.4 Å². The zero-order valence-corrected chi connectivity index (χ0v) is 20.5. The van der Waals surface area contributed by atoms with Gasteiger partial charge in [0.25, 0.3) is 0 Å². The van der Waals surface area contributed by atoms with Crippen LogP contribution in [-0.4, -0.2) is 40.5 Å². The van der Waals surface area contributed by atoms with E-state index in [1.54, 1.807) is 19.9 Å². The Morgan fingerprint density at radius 2 is 1.94 bits per heavy atom. The van der Waals surface area contributed by atoms with E-state index >= 15 is 4.39 Å². The first-order valence-corrected chi connectivity index (χ1v) is 12.4. The second-order valence-corrected chi connectivity index (χ2v) is 11.0. The van der Waals surface area contributed by atoms with Crippen molar-refractivity contribution in [3.8, 4) is 0 Å². The first-order valence-electron chi connectivity index (χ1n) is 11.9. The van der Waals surface area contributed by atoms with E-state index in [0.29, 0.717) is 31.3 Å². The molecular weight excluding hydrogens is 447 g/mol. The SMILES string of the molecule is CCCC(=O)O[C@]1(C(=O)CCl)C(C)CC2C3CCC4=CC(=O)C=CC4(C)[C@@]3(F)C(=O)CC21C. The summed E-state index contributed by atoms with van der Waals surface area (Å²) in [5, 5.41) is 0. The van der Waals surface area contributed by atoms with Gasteiger partial charge in [-0.15, -0.1) is 11.6 Å². The van der Waals surface area contributed by atoms with E-state index in [1.165, 1.54) is 12.2 Å². The van der Waals surface area contributed by atoms with Gasteiger partial charge in [-0.1, -0.05) is 32.4 Å². The summed E-state index contributed by atoms with van der Waals surface area (Å²) < 4.78 is 23.1. The first kappa shape index (κ1) is 24.3. The Morgan fingerprint density at radius 1 is 1.24 bits per heavy atom. The van der Waals surface area contributed by atoms with Crippen LogP contribution < -0.4 is 0 Å². The van der Waals surface area contributed by atoms with Crippen molar-refractivity contribution >= 4 is 34.9 Å². The van der Waals surface area contributed by atoms with Gasteiger partial charge in [-0.2, -0.15) is 0 Å². The summed E-state index contributed by atoms with van der Waals surface area (Å²) in [5.41, 5.74) is -5.35. The Balaban J connectivity index is 1.84. The van der Waals surface area contributed by atoms with Crippen LogP contribution in [-0.2, 0) is 23.9 Å². The minimum Gasteiger partial charge on any atom is -0.450 e. The fraction of sp³-hybridized carbons (Fsp3) is 0.692. The van der Waals surface area contributed by atoms with E-state index in [2.05, 4.69) is 0 Å². The number of alkyl halides is 2. The highest BCUT2D eigenvalue weighted by atomic mass is 35.5. The van der Waals surface area contributed by atoms with Gasteiger partial charge >= 0.3 is 5.97 Å². The molecule has 180 valence electrons. The van der Waals surface area contributed by atoms with Crippen LogP contribution >= 0.6 is 11.6 Å². The van der Waals surface area contributed by atoms with E-state index in [9.17, 15) is 19.2 Å². The minimum atomic E-state index is -2.19. The highest BCUT2D eigenvalue weighted by Gasteiger charge is 2.77. The normalized spacial score (nSPS) is 43.9. The summed E-state index contributed by atoms with van der Waals surface area (Å²) in [6.45, 7) is 7.19. The maximum atomic E-state index is 17.1. The van der Waals surface area contributed by atoms with Crippen LogP contribution in [0.3, 0.4) is 0 Å². The lowest BCUT2D eigenvalue weighted by Gasteiger charge is -2.59. The molecule has 4 rings (SSSR count). The monoisotopic (exact) mass is 478 g/mol. The van der Waals surface area contributed by atoms with E-state index in [0.717, 1.165) is 0 Å². The van der Waals surface area contributed by atoms with Gasteiger partial charge in [0.15, 0.2) is 28.6 Å². The lowest BCUT2D eigenvalue weighted by atomic mass is 9.45. The summed E-state index contributed by atoms with van der Waals surface area (Å²) in [5.74, 6) is -3.45. The van der Waals surface area contributed by atoms with Crippen LogP contribution in [0.15, 0.2) is 23.8 Å². The smallest absolute Gasteiger partial charge is 0.306 e. The number of fused-ring (bicyclic) bond motifs is 5. The Labute approximate surface area is 199 Å². The quantitative estimate of drug-likeness (QED) is 0.422. The van der Waals surface area contributed by atoms with Crippen LogP contribution in [0.5, 0.6) is 0 Å². The molecule has 0 heterocycles. The predicted molar refractivity (Wildman–Crippen MR) is 121 cm³/mol. The number of hydrogen-bond acceptors (Lipinski definition) is 5. The van der Waals surface area contributed by atoms with Crippen molar-refractivity contribution in [3.63, 3.8) is 0 Å². The maximum Gasteiger partial charge on any atom is 0.306 e. The molecule has 0 radical (unpaired) electrons. The van der Waals surface area contributed by atoms with Gasteiger partial charge in [-0.05, 0) is 50.7 Å². The molecule has 0 N–H and O–H groups in total. The van der Waals surface area contributed by atoms with Gasteiger partial charge in [-0.3, -0.25) is 19.2 Å². The van der Waals surface area contributed by atoms with Crippen LogP contribution in [0.2, 0.25) is 0 Å². The molecule has 5 nitrogen and oxygen atoms in total. The van der Waals surface area contributed by atoms with Gasteiger partial charge in [0.2, 0.25) is 0 Å². The molecule has 5 unspecified atom stereocenters. The Kier molecular flexibility index (Phi) is 5.79. The molecule has 4 aliphatic carbocycles. The molecule has 0 bridgehead atoms. The molecule has 0 amide bonds. The predicted octanol–water partition coefficient (Wildman–Crippen LogP) is 4.70. The molecule has 0 aromatic heterocycles. The van der Waals surface area contributed by atoms with E-state index in [4.69, 9.17) is 16.3 Å². The number of Topliss-reactive ketones (excluding diaryl/α,β-unsaturated/α-hetero) is 2. The number of hydrogen-bond donors (Lipinski definition) is 0. The summed E-state index contributed by atoms with van der Waals surface area (Å²) >= 11 is 6.02. The highest BCUT2D eigenvalue weighted by Crippen LogP contribution is 2.70. The summed E-state index contributed by atoms with van der Waals surface area (Å²) in [6.07, 6.45) is 6.21. The van der Waals surface area contributed by atoms with E-state index in [1.807, 2.05) is 13.8 Å². The number of allylic oxidation sites excluding steroid dienone is 4. The minimum absolute atomic E-state index is 0.153. The van der Waals surface area contributed by atoms with Crippen molar-refractivity contribution < 1.29 is 28.3 Å². The van der Waals surface area contributed by atoms with Crippen LogP contribution in [0.1, 0.15) is 66.2 Å². The number of carbonyl (C=O) groups is 4. The van der Waals surface area contributed by atoms with Crippen molar-refractivity contribution in [1.82, 2.24) is 0 Å². The summed E-state index contributed by atoms with van der Waals surface area (Å²) in [7, 11) is 0. The molecule has 7 atom stereocenters. The fourth-order valence-electron chi connectivity index (χ4n) is 7.66. The van der Waals surface area contributed by atoms with E-state index < -0.39 is 51.5 Å². The Morgan fingerprint density at radius 3 is 2.58 bits per heavy atom. The fourth-order valence-corrected chi connectivity index (χ4v) is 7.86. The molecule has 3 fully saturated rings. The number of halogens is 2. The van der Waals surface area contributed by atoms with Crippen molar-refractivity contribution in [3.05, 3.63) is 23.8 Å². The van der Waals surface area contributed by atoms with Crippen LogP contribution in [0.25, 0.3) is 0 Å². The topological polar surface area (TPSA) is 77.5 Å². The molecule has 4 aliphatic rings. The molecule has 33 heavy (non-hydrogen) atoms. The van der Waals surface area contributed by atoms with Gasteiger partial charge in [0.1, 0.15) is 0 Å². The van der Waals surface area contributed by atoms with Gasteiger partial charge in [-0.25, -0.2) is 4.39 Å². The largest absolute Gasteiger partial charge is 0.450 e. The summed E-state index contributed by atoms with van der Waals surface area (Å²) in [4.78, 5) is 51.7. The molecular formula is C26H32ClFO5. The van der Waals surface area contributed by atoms with Gasteiger partial charge in [0.05, 0.1) is 5.88 Å². The van der Waals surface area contributed by atoms with Crippen LogP contribution in [0, 0.1) is 28.6 Å². The average Bonchev–Trinajstić information content (AvgIpc) is 2.97. The lowest BCUT2D eigenvalue weighted by Crippen LogP contribution is -2.68. The Bertz CT molecular complexity index is 987. The molecule has 0 aromatic rings. The number of ether oxygens (including phenoxy) is 1. The van der Waals surface area contributed by atoms with Crippen molar-refractivity contribution in [2.45, 2.75) is 77.5 Å². The highest BCUT2D eigenvalue weighted by molar-refractivity contribution is 6.29. The molecule has 3 saturated carbocycles. The molecule has 0 saturated heterocycles. The Hall–Kier alpha value is -1.82. The van der Waals surface area contributed by atoms with Gasteiger partial charge in [0, 0.05) is 35.5 Å². The second-order valence-electron chi connectivity index (χ2n) is 10.7. The molecule has 0 spiro atoms. The lowest BCUT2D eigenvalue weighted by molar-refractivity contribution is -0.201. The number of carbonyl (C=O) groups excluding carboxylic acids is 4. The zero-order valence-electron chi connectivity index (χ0n) is 19.7. The van der Waals surface area contributed by atoms with Gasteiger partial charge < -0.3 is 4.74 Å².